The van der Waals surface area contributed by atoms with Crippen LogP contribution in [0.15, 0.2) is 46.0 Å². The van der Waals surface area contributed by atoms with Crippen molar-refractivity contribution in [1.29, 1.82) is 0 Å². The van der Waals surface area contributed by atoms with E-state index in [1.807, 2.05) is 54.8 Å². The van der Waals surface area contributed by atoms with Gasteiger partial charge in [0.25, 0.3) is 0 Å². The summed E-state index contributed by atoms with van der Waals surface area (Å²) in [5.41, 5.74) is 0.942. The summed E-state index contributed by atoms with van der Waals surface area (Å²) in [4.78, 5) is 14.1. The number of nitrogens with zero attached hydrogens (tertiary/aromatic N) is 4. The van der Waals surface area contributed by atoms with Crippen LogP contribution in [-0.4, -0.2) is 38.4 Å². The third kappa shape index (κ3) is 4.73. The van der Waals surface area contributed by atoms with E-state index in [4.69, 9.17) is 16.0 Å². The van der Waals surface area contributed by atoms with Gasteiger partial charge in [-0.05, 0) is 50.2 Å². The minimum Gasteiger partial charge on any atom is -0.464 e. The van der Waals surface area contributed by atoms with Gasteiger partial charge in [-0.15, -0.1) is 10.2 Å². The van der Waals surface area contributed by atoms with Crippen LogP contribution in [0.4, 0.5) is 0 Å². The van der Waals surface area contributed by atoms with E-state index in [0.29, 0.717) is 18.1 Å². The van der Waals surface area contributed by atoms with Crippen LogP contribution in [-0.2, 0) is 17.9 Å². The molecule has 0 radical (unpaired) electrons. The highest BCUT2D eigenvalue weighted by molar-refractivity contribution is 7.99. The van der Waals surface area contributed by atoms with E-state index in [2.05, 4.69) is 10.2 Å². The summed E-state index contributed by atoms with van der Waals surface area (Å²) in [7, 11) is 1.77. The van der Waals surface area contributed by atoms with Crippen LogP contribution in [0.5, 0.6) is 0 Å². The van der Waals surface area contributed by atoms with Gasteiger partial charge in [0.2, 0.25) is 5.91 Å². The van der Waals surface area contributed by atoms with Gasteiger partial charge >= 0.3 is 0 Å². The fraction of sp³-hybridized carbons (Fsp3) is 0.316. The Morgan fingerprint density at radius 3 is 2.59 bits per heavy atom. The maximum atomic E-state index is 12.4. The van der Waals surface area contributed by atoms with Crippen LogP contribution in [0.1, 0.15) is 18.4 Å². The van der Waals surface area contributed by atoms with Crippen molar-refractivity contribution in [3.8, 4) is 11.4 Å². The van der Waals surface area contributed by atoms with Crippen molar-refractivity contribution in [2.24, 2.45) is 0 Å². The Morgan fingerprint density at radius 2 is 1.96 bits per heavy atom. The summed E-state index contributed by atoms with van der Waals surface area (Å²) in [6.07, 6.45) is 0. The smallest absolute Gasteiger partial charge is 0.233 e. The second-order valence-electron chi connectivity index (χ2n) is 6.11. The largest absolute Gasteiger partial charge is 0.464 e. The van der Waals surface area contributed by atoms with Gasteiger partial charge < -0.3 is 13.9 Å². The molecule has 2 heterocycles. The molecule has 0 saturated heterocycles. The predicted octanol–water partition coefficient (Wildman–Crippen LogP) is 4.27. The number of rotatable bonds is 7. The molecule has 3 aromatic rings. The first-order valence-electron chi connectivity index (χ1n) is 8.59. The van der Waals surface area contributed by atoms with Crippen molar-refractivity contribution in [2.75, 3.05) is 12.8 Å². The molecule has 0 N–H and O–H groups in total. The second kappa shape index (κ2) is 8.63. The summed E-state index contributed by atoms with van der Waals surface area (Å²) in [6, 6.07) is 11.3. The monoisotopic (exact) mass is 404 g/mol. The minimum absolute atomic E-state index is 0.00718. The molecule has 0 fully saturated rings. The van der Waals surface area contributed by atoms with E-state index < -0.39 is 0 Å². The molecule has 27 heavy (non-hydrogen) atoms. The number of hydrogen-bond donors (Lipinski definition) is 0. The zero-order valence-electron chi connectivity index (χ0n) is 15.5. The number of aromatic nitrogens is 3. The van der Waals surface area contributed by atoms with Crippen molar-refractivity contribution in [1.82, 2.24) is 19.7 Å². The third-order valence-corrected chi connectivity index (χ3v) is 5.28. The molecule has 2 aromatic heterocycles. The maximum Gasteiger partial charge on any atom is 0.233 e. The van der Waals surface area contributed by atoms with Crippen LogP contribution in [0.2, 0.25) is 5.02 Å². The van der Waals surface area contributed by atoms with E-state index in [-0.39, 0.29) is 11.7 Å². The Morgan fingerprint density at radius 1 is 1.22 bits per heavy atom. The number of halogens is 1. The standard InChI is InChI=1S/C19H21ClN4O2S/c1-4-24-18(14-6-8-15(20)9-7-14)21-22-19(24)27-12-17(25)23(3)11-16-10-5-13(2)26-16/h5-10H,4,11-12H2,1-3H3. The second-order valence-corrected chi connectivity index (χ2v) is 7.49. The lowest BCUT2D eigenvalue weighted by Crippen LogP contribution is -2.27. The van der Waals surface area contributed by atoms with Crippen LogP contribution in [0, 0.1) is 6.92 Å². The number of aryl methyl sites for hydroxylation is 1. The van der Waals surface area contributed by atoms with Gasteiger partial charge in [-0.25, -0.2) is 0 Å². The Labute approximate surface area is 167 Å². The van der Waals surface area contributed by atoms with Gasteiger partial charge in [0.05, 0.1) is 12.3 Å². The van der Waals surface area contributed by atoms with Gasteiger partial charge in [0, 0.05) is 24.2 Å². The maximum absolute atomic E-state index is 12.4. The van der Waals surface area contributed by atoms with Crippen molar-refractivity contribution < 1.29 is 9.21 Å². The molecule has 0 spiro atoms. The number of benzene rings is 1. The SMILES string of the molecule is CCn1c(SCC(=O)N(C)Cc2ccc(C)o2)nnc1-c1ccc(Cl)cc1. The van der Waals surface area contributed by atoms with E-state index in [0.717, 1.165) is 28.1 Å². The lowest BCUT2D eigenvalue weighted by molar-refractivity contribution is -0.127. The third-order valence-electron chi connectivity index (χ3n) is 4.08. The zero-order valence-corrected chi connectivity index (χ0v) is 17.0. The van der Waals surface area contributed by atoms with Crippen molar-refractivity contribution >= 4 is 29.3 Å². The molecule has 0 aliphatic carbocycles. The normalized spacial score (nSPS) is 11.0. The quantitative estimate of drug-likeness (QED) is 0.550. The van der Waals surface area contributed by atoms with Crippen LogP contribution in [0.3, 0.4) is 0 Å². The van der Waals surface area contributed by atoms with E-state index >= 15 is 0 Å². The molecule has 0 atom stereocenters. The first-order chi connectivity index (χ1) is 13.0. The molecule has 6 nitrogen and oxygen atoms in total. The predicted molar refractivity (Wildman–Crippen MR) is 107 cm³/mol. The summed E-state index contributed by atoms with van der Waals surface area (Å²) in [5.74, 6) is 2.67. The topological polar surface area (TPSA) is 64.2 Å². The molecular weight excluding hydrogens is 384 g/mol. The molecule has 1 amide bonds. The summed E-state index contributed by atoms with van der Waals surface area (Å²) >= 11 is 7.34. The van der Waals surface area contributed by atoms with Crippen molar-refractivity contribution in [2.45, 2.75) is 32.1 Å². The van der Waals surface area contributed by atoms with Crippen LogP contribution >= 0.6 is 23.4 Å². The number of hydrogen-bond acceptors (Lipinski definition) is 5. The fourth-order valence-corrected chi connectivity index (χ4v) is 3.69. The van der Waals surface area contributed by atoms with Crippen LogP contribution < -0.4 is 0 Å². The molecule has 0 aliphatic rings. The highest BCUT2D eigenvalue weighted by Gasteiger charge is 2.17. The molecule has 0 unspecified atom stereocenters. The summed E-state index contributed by atoms with van der Waals surface area (Å²) in [5, 5.41) is 9.94. The molecule has 142 valence electrons. The minimum atomic E-state index is 0.00718. The van der Waals surface area contributed by atoms with E-state index in [9.17, 15) is 4.79 Å². The van der Waals surface area contributed by atoms with Gasteiger partial charge in [0.1, 0.15) is 11.5 Å². The molecule has 0 bridgehead atoms. The molecular formula is C19H21ClN4O2S. The van der Waals surface area contributed by atoms with Gasteiger partial charge in [-0.1, -0.05) is 23.4 Å². The molecule has 1 aromatic carbocycles. The van der Waals surface area contributed by atoms with E-state index in [1.165, 1.54) is 11.8 Å². The molecule has 0 aliphatic heterocycles. The fourth-order valence-electron chi connectivity index (χ4n) is 2.62. The number of carbonyl (C=O) groups excluding carboxylic acids is 1. The first-order valence-corrected chi connectivity index (χ1v) is 9.95. The lowest BCUT2D eigenvalue weighted by atomic mass is 10.2. The summed E-state index contributed by atoms with van der Waals surface area (Å²) in [6.45, 7) is 5.07. The van der Waals surface area contributed by atoms with E-state index in [1.54, 1.807) is 11.9 Å². The first kappa shape index (κ1) is 19.5. The van der Waals surface area contributed by atoms with Crippen molar-refractivity contribution in [3.05, 3.63) is 52.9 Å². The van der Waals surface area contributed by atoms with Gasteiger partial charge in [0.15, 0.2) is 11.0 Å². The Balaban J connectivity index is 1.65. The van der Waals surface area contributed by atoms with Gasteiger partial charge in [-0.3, -0.25) is 4.79 Å². The number of amides is 1. The van der Waals surface area contributed by atoms with Crippen LogP contribution in [0.25, 0.3) is 11.4 Å². The number of carbonyl (C=O) groups is 1. The molecule has 8 heteroatoms. The zero-order chi connectivity index (χ0) is 19.4. The van der Waals surface area contributed by atoms with Gasteiger partial charge in [-0.2, -0.15) is 0 Å². The number of furan rings is 1. The summed E-state index contributed by atoms with van der Waals surface area (Å²) < 4.78 is 7.52. The lowest BCUT2D eigenvalue weighted by Gasteiger charge is -2.15. The Hall–Kier alpha value is -2.25. The molecule has 3 rings (SSSR count). The Bertz CT molecular complexity index is 920. The highest BCUT2D eigenvalue weighted by atomic mass is 35.5. The number of thioether (sulfide) groups is 1. The molecule has 0 saturated carbocycles. The Kier molecular flexibility index (Phi) is 6.23. The highest BCUT2D eigenvalue weighted by Crippen LogP contribution is 2.25. The average Bonchev–Trinajstić information content (AvgIpc) is 3.25. The van der Waals surface area contributed by atoms with Crippen molar-refractivity contribution in [3.63, 3.8) is 0 Å². The average molecular weight is 405 g/mol.